The van der Waals surface area contributed by atoms with Crippen molar-refractivity contribution in [3.8, 4) is 11.4 Å². The van der Waals surface area contributed by atoms with Crippen molar-refractivity contribution in [2.75, 3.05) is 11.9 Å². The van der Waals surface area contributed by atoms with E-state index in [0.717, 1.165) is 19.4 Å². The molecule has 2 fully saturated rings. The number of piperidine rings is 1. The highest BCUT2D eigenvalue weighted by Gasteiger charge is 2.47. The second kappa shape index (κ2) is 10.0. The van der Waals surface area contributed by atoms with Gasteiger partial charge in [0.05, 0.1) is 34.7 Å². The maximum absolute atomic E-state index is 12.7. The Morgan fingerprint density at radius 1 is 1.24 bits per heavy atom. The standard InChI is InChI=1S/C25H26ClN9O2/c1-2-23(36)34-12-14-8-20(34)21(9-14)35(28)13-17(27)15-6-7-22(29-10-15)32-25(37)19-5-3-4-18(31-19)24-16(26)11-30-33-24/h2-7,10-11,13-14,20-21H,1,8-9,12,27-28H2,(H,30,33)(H,29,32,37)/b17-13-. The minimum absolute atomic E-state index is 0.0207. The quantitative estimate of drug-likeness (QED) is 0.210. The van der Waals surface area contributed by atoms with Crippen LogP contribution in [0.15, 0.2) is 61.6 Å². The van der Waals surface area contributed by atoms with Gasteiger partial charge in [-0.05, 0) is 49.1 Å². The van der Waals surface area contributed by atoms with Gasteiger partial charge >= 0.3 is 0 Å². The van der Waals surface area contributed by atoms with E-state index < -0.39 is 5.91 Å². The third-order valence-electron chi connectivity index (χ3n) is 6.75. The number of pyridine rings is 2. The normalized spacial score (nSPS) is 20.6. The van der Waals surface area contributed by atoms with Crippen LogP contribution in [0.1, 0.15) is 28.9 Å². The van der Waals surface area contributed by atoms with E-state index in [4.69, 9.17) is 23.2 Å². The number of likely N-dealkylation sites (tertiary alicyclic amines) is 1. The maximum Gasteiger partial charge on any atom is 0.275 e. The summed E-state index contributed by atoms with van der Waals surface area (Å²) >= 11 is 6.10. The zero-order valence-corrected chi connectivity index (χ0v) is 20.6. The summed E-state index contributed by atoms with van der Waals surface area (Å²) in [6, 6.07) is 8.43. The predicted octanol–water partition coefficient (Wildman–Crippen LogP) is 2.38. The van der Waals surface area contributed by atoms with Gasteiger partial charge < -0.3 is 21.0 Å². The molecular weight excluding hydrogens is 494 g/mol. The molecule has 11 nitrogen and oxygen atoms in total. The number of hydrogen-bond acceptors (Lipinski definition) is 8. The fourth-order valence-corrected chi connectivity index (χ4v) is 5.17. The Hall–Kier alpha value is -4.22. The molecular formula is C25H26ClN9O2. The second-order valence-corrected chi connectivity index (χ2v) is 9.49. The van der Waals surface area contributed by atoms with E-state index in [1.165, 1.54) is 12.3 Å². The first-order valence-electron chi connectivity index (χ1n) is 11.7. The lowest BCUT2D eigenvalue weighted by Gasteiger charge is -2.37. The topological polar surface area (TPSA) is 159 Å². The number of rotatable bonds is 7. The van der Waals surface area contributed by atoms with Gasteiger partial charge in [-0.2, -0.15) is 5.10 Å². The summed E-state index contributed by atoms with van der Waals surface area (Å²) < 4.78 is 0. The molecule has 5 rings (SSSR count). The molecule has 0 radical (unpaired) electrons. The molecule has 0 spiro atoms. The van der Waals surface area contributed by atoms with Crippen LogP contribution in [0.5, 0.6) is 0 Å². The highest BCUT2D eigenvalue weighted by Crippen LogP contribution is 2.40. The Bertz CT molecular complexity index is 1370. The molecule has 37 heavy (non-hydrogen) atoms. The van der Waals surface area contributed by atoms with Gasteiger partial charge in [0.1, 0.15) is 17.2 Å². The molecule has 1 aliphatic carbocycles. The summed E-state index contributed by atoms with van der Waals surface area (Å²) in [5.41, 5.74) is 8.57. The second-order valence-electron chi connectivity index (χ2n) is 9.09. The van der Waals surface area contributed by atoms with Crippen LogP contribution in [0.4, 0.5) is 5.82 Å². The third kappa shape index (κ3) is 4.91. The van der Waals surface area contributed by atoms with E-state index >= 15 is 0 Å². The molecule has 3 unspecified atom stereocenters. The van der Waals surface area contributed by atoms with E-state index in [2.05, 4.69) is 32.1 Å². The Morgan fingerprint density at radius 3 is 2.76 bits per heavy atom. The number of carbonyl (C=O) groups is 2. The number of anilines is 1. The lowest BCUT2D eigenvalue weighted by Crippen LogP contribution is -2.52. The maximum atomic E-state index is 12.7. The fraction of sp³-hybridized carbons (Fsp3) is 0.240. The zero-order chi connectivity index (χ0) is 26.1. The molecule has 1 saturated carbocycles. The van der Waals surface area contributed by atoms with Crippen LogP contribution >= 0.6 is 11.6 Å². The van der Waals surface area contributed by atoms with E-state index in [9.17, 15) is 9.59 Å². The SMILES string of the molecule is C=CC(=O)N1CC2CC(N(N)/C=C(\N)c3ccc(NC(=O)c4cccc(-c5[nH]ncc5Cl)n4)nc3)C1C2. The molecule has 2 aliphatic rings. The molecule has 3 aromatic rings. The lowest BCUT2D eigenvalue weighted by molar-refractivity contribution is -0.128. The summed E-state index contributed by atoms with van der Waals surface area (Å²) in [4.78, 5) is 35.4. The first-order chi connectivity index (χ1) is 17.8. The highest BCUT2D eigenvalue weighted by molar-refractivity contribution is 6.32. The minimum Gasteiger partial charge on any atom is -0.397 e. The number of fused-ring (bicyclic) bond motifs is 2. The van der Waals surface area contributed by atoms with Crippen molar-refractivity contribution in [1.29, 1.82) is 0 Å². The van der Waals surface area contributed by atoms with Crippen LogP contribution in [0.25, 0.3) is 17.1 Å². The van der Waals surface area contributed by atoms with Gasteiger partial charge in [0.15, 0.2) is 0 Å². The van der Waals surface area contributed by atoms with E-state index in [0.29, 0.717) is 39.4 Å². The third-order valence-corrected chi connectivity index (χ3v) is 7.03. The summed E-state index contributed by atoms with van der Waals surface area (Å²) in [5, 5.41) is 11.4. The molecule has 3 aromatic heterocycles. The van der Waals surface area contributed by atoms with Gasteiger partial charge in [-0.1, -0.05) is 24.2 Å². The van der Waals surface area contributed by atoms with E-state index in [-0.39, 0.29) is 23.7 Å². The van der Waals surface area contributed by atoms with Crippen LogP contribution < -0.4 is 16.9 Å². The van der Waals surface area contributed by atoms with Crippen LogP contribution in [-0.2, 0) is 4.79 Å². The number of nitrogens with two attached hydrogens (primary N) is 2. The monoisotopic (exact) mass is 519 g/mol. The molecule has 2 bridgehead atoms. The van der Waals surface area contributed by atoms with Crippen LogP contribution in [-0.4, -0.2) is 60.5 Å². The molecule has 6 N–H and O–H groups in total. The number of hydrogen-bond donors (Lipinski definition) is 4. The number of H-pyrrole nitrogens is 1. The van der Waals surface area contributed by atoms with E-state index in [1.54, 1.807) is 47.7 Å². The number of carbonyl (C=O) groups excluding carboxylic acids is 2. The smallest absolute Gasteiger partial charge is 0.275 e. The van der Waals surface area contributed by atoms with Crippen LogP contribution in [0.3, 0.4) is 0 Å². The number of nitrogens with one attached hydrogen (secondary N) is 2. The minimum atomic E-state index is -0.427. The van der Waals surface area contributed by atoms with Gasteiger partial charge in [-0.25, -0.2) is 15.8 Å². The van der Waals surface area contributed by atoms with Crippen LogP contribution in [0.2, 0.25) is 5.02 Å². The van der Waals surface area contributed by atoms with Crippen molar-refractivity contribution in [2.24, 2.45) is 17.5 Å². The molecule has 1 aliphatic heterocycles. The summed E-state index contributed by atoms with van der Waals surface area (Å²) in [6.07, 6.45) is 7.85. The van der Waals surface area contributed by atoms with Crippen molar-refractivity contribution >= 4 is 34.9 Å². The zero-order valence-electron chi connectivity index (χ0n) is 19.8. The number of aromatic nitrogens is 4. The summed E-state index contributed by atoms with van der Waals surface area (Å²) in [7, 11) is 0. The van der Waals surface area contributed by atoms with Gasteiger partial charge in [0, 0.05) is 24.5 Å². The first-order valence-corrected chi connectivity index (χ1v) is 12.1. The Balaban J connectivity index is 1.24. The number of halogens is 1. The Morgan fingerprint density at radius 2 is 2.08 bits per heavy atom. The molecule has 12 heteroatoms. The molecule has 3 atom stereocenters. The number of nitrogens with zero attached hydrogens (tertiary/aromatic N) is 5. The van der Waals surface area contributed by atoms with Crippen molar-refractivity contribution in [1.82, 2.24) is 30.1 Å². The predicted molar refractivity (Wildman–Crippen MR) is 139 cm³/mol. The fourth-order valence-electron chi connectivity index (χ4n) is 4.98. The van der Waals surface area contributed by atoms with Gasteiger partial charge in [-0.3, -0.25) is 14.7 Å². The summed E-state index contributed by atoms with van der Waals surface area (Å²) in [6.45, 7) is 4.34. The molecule has 4 heterocycles. The lowest BCUT2D eigenvalue weighted by atomic mass is 10.0. The average Bonchev–Trinajstić information content (AvgIpc) is 3.64. The molecule has 1 saturated heterocycles. The Labute approximate surface area is 218 Å². The summed E-state index contributed by atoms with van der Waals surface area (Å²) in [5.74, 6) is 6.60. The number of amides is 2. The average molecular weight is 520 g/mol. The van der Waals surface area contributed by atoms with Crippen LogP contribution in [0, 0.1) is 5.92 Å². The van der Waals surface area contributed by atoms with Crippen molar-refractivity contribution in [2.45, 2.75) is 24.9 Å². The molecule has 0 aromatic carbocycles. The van der Waals surface area contributed by atoms with Crippen molar-refractivity contribution < 1.29 is 9.59 Å². The molecule has 190 valence electrons. The van der Waals surface area contributed by atoms with Gasteiger partial charge in [-0.15, -0.1) is 0 Å². The van der Waals surface area contributed by atoms with Gasteiger partial charge in [0.25, 0.3) is 5.91 Å². The Kier molecular flexibility index (Phi) is 6.64. The largest absolute Gasteiger partial charge is 0.397 e. The highest BCUT2D eigenvalue weighted by atomic mass is 35.5. The van der Waals surface area contributed by atoms with E-state index in [1.807, 2.05) is 4.90 Å². The van der Waals surface area contributed by atoms with Crippen molar-refractivity contribution in [3.05, 3.63) is 77.9 Å². The molecule has 2 amide bonds. The first kappa shape index (κ1) is 24.5. The number of aromatic amines is 1. The van der Waals surface area contributed by atoms with Crippen molar-refractivity contribution in [3.63, 3.8) is 0 Å². The number of hydrazine groups is 1. The van der Waals surface area contributed by atoms with Gasteiger partial charge in [0.2, 0.25) is 5.91 Å².